The maximum absolute atomic E-state index is 12.0. The maximum atomic E-state index is 12.0. The van der Waals surface area contributed by atoms with E-state index >= 15 is 0 Å². The van der Waals surface area contributed by atoms with E-state index in [4.69, 9.17) is 9.15 Å². The Hall–Kier alpha value is -2.68. The average Bonchev–Trinajstić information content (AvgIpc) is 3.15. The van der Waals surface area contributed by atoms with Crippen LogP contribution in [0.2, 0.25) is 0 Å². The third kappa shape index (κ3) is 4.39. The predicted octanol–water partition coefficient (Wildman–Crippen LogP) is 1.59. The van der Waals surface area contributed by atoms with Crippen molar-refractivity contribution in [2.45, 2.75) is 13.8 Å². The number of esters is 1. The van der Waals surface area contributed by atoms with Gasteiger partial charge in [-0.05, 0) is 26.0 Å². The SMILES string of the molecule is CCOC(=O)CNC(=O)c1sc(NC(=O)c2ccco2)nc1C. The van der Waals surface area contributed by atoms with E-state index < -0.39 is 17.8 Å². The van der Waals surface area contributed by atoms with Crippen LogP contribution in [0.4, 0.5) is 5.13 Å². The third-order valence-electron chi connectivity index (χ3n) is 2.67. The molecule has 0 aromatic carbocycles. The van der Waals surface area contributed by atoms with Crippen LogP contribution in [0.3, 0.4) is 0 Å². The van der Waals surface area contributed by atoms with E-state index in [0.717, 1.165) is 11.3 Å². The molecule has 0 saturated heterocycles. The van der Waals surface area contributed by atoms with Crippen LogP contribution in [0.15, 0.2) is 22.8 Å². The van der Waals surface area contributed by atoms with Gasteiger partial charge in [-0.2, -0.15) is 0 Å². The highest BCUT2D eigenvalue weighted by Crippen LogP contribution is 2.23. The number of carbonyl (C=O) groups excluding carboxylic acids is 3. The molecule has 2 aromatic rings. The number of aromatic nitrogens is 1. The Morgan fingerprint density at radius 2 is 2.13 bits per heavy atom. The van der Waals surface area contributed by atoms with E-state index in [-0.39, 0.29) is 24.0 Å². The number of nitrogens with one attached hydrogen (secondary N) is 2. The van der Waals surface area contributed by atoms with Crippen LogP contribution in [0, 0.1) is 6.92 Å². The van der Waals surface area contributed by atoms with E-state index in [9.17, 15) is 14.4 Å². The lowest BCUT2D eigenvalue weighted by Gasteiger charge is -2.03. The first-order chi connectivity index (χ1) is 11.0. The number of hydrogen-bond donors (Lipinski definition) is 2. The van der Waals surface area contributed by atoms with Gasteiger partial charge in [0.15, 0.2) is 10.9 Å². The number of rotatable bonds is 6. The topological polar surface area (TPSA) is 111 Å². The molecule has 8 nitrogen and oxygen atoms in total. The second-order valence-electron chi connectivity index (χ2n) is 4.35. The van der Waals surface area contributed by atoms with Gasteiger partial charge < -0.3 is 14.5 Å². The Morgan fingerprint density at radius 1 is 1.35 bits per heavy atom. The van der Waals surface area contributed by atoms with Gasteiger partial charge in [0.1, 0.15) is 11.4 Å². The summed E-state index contributed by atoms with van der Waals surface area (Å²) in [5.74, 6) is -1.28. The van der Waals surface area contributed by atoms with Crippen molar-refractivity contribution in [3.8, 4) is 0 Å². The standard InChI is InChI=1S/C14H15N3O5S/c1-3-21-10(18)7-15-13(20)11-8(2)16-14(23-11)17-12(19)9-5-4-6-22-9/h4-6H,3,7H2,1-2H3,(H,15,20)(H,16,17,19). The molecule has 0 bridgehead atoms. The summed E-state index contributed by atoms with van der Waals surface area (Å²) in [7, 11) is 0. The minimum atomic E-state index is -0.519. The Kier molecular flexibility index (Phi) is 5.47. The van der Waals surface area contributed by atoms with Crippen molar-refractivity contribution in [3.05, 3.63) is 34.7 Å². The average molecular weight is 337 g/mol. The number of thiazole rings is 1. The number of ether oxygens (including phenoxy) is 1. The number of carbonyl (C=O) groups is 3. The molecule has 0 radical (unpaired) electrons. The van der Waals surface area contributed by atoms with E-state index in [1.165, 1.54) is 12.3 Å². The fourth-order valence-electron chi connectivity index (χ4n) is 1.67. The van der Waals surface area contributed by atoms with Crippen molar-refractivity contribution >= 4 is 34.3 Å². The van der Waals surface area contributed by atoms with E-state index in [1.54, 1.807) is 19.9 Å². The number of anilines is 1. The fourth-order valence-corrected chi connectivity index (χ4v) is 2.55. The summed E-state index contributed by atoms with van der Waals surface area (Å²) in [6.07, 6.45) is 1.39. The first kappa shape index (κ1) is 16.7. The molecule has 0 atom stereocenters. The second kappa shape index (κ2) is 7.54. The van der Waals surface area contributed by atoms with Crippen molar-refractivity contribution in [2.75, 3.05) is 18.5 Å². The van der Waals surface area contributed by atoms with Gasteiger partial charge in [-0.25, -0.2) is 4.98 Å². The molecule has 9 heteroatoms. The molecule has 2 N–H and O–H groups in total. The quantitative estimate of drug-likeness (QED) is 0.775. The normalized spacial score (nSPS) is 10.2. The summed E-state index contributed by atoms with van der Waals surface area (Å²) in [4.78, 5) is 39.5. The van der Waals surface area contributed by atoms with Gasteiger partial charge in [0.2, 0.25) is 0 Å². The molecule has 2 amide bonds. The zero-order valence-electron chi connectivity index (χ0n) is 12.5. The molecule has 0 fully saturated rings. The van der Waals surface area contributed by atoms with E-state index in [0.29, 0.717) is 10.6 Å². The first-order valence-corrected chi connectivity index (χ1v) is 7.59. The monoisotopic (exact) mass is 337 g/mol. The molecule has 23 heavy (non-hydrogen) atoms. The van der Waals surface area contributed by atoms with Crippen LogP contribution in [0.5, 0.6) is 0 Å². The fraction of sp³-hybridized carbons (Fsp3) is 0.286. The lowest BCUT2D eigenvalue weighted by Crippen LogP contribution is -2.30. The Balaban J connectivity index is 1.98. The Morgan fingerprint density at radius 3 is 2.78 bits per heavy atom. The summed E-state index contributed by atoms with van der Waals surface area (Å²) in [6, 6.07) is 3.11. The minimum Gasteiger partial charge on any atom is -0.465 e. The van der Waals surface area contributed by atoms with Gasteiger partial charge in [0.05, 0.1) is 18.6 Å². The van der Waals surface area contributed by atoms with Crippen LogP contribution in [-0.2, 0) is 9.53 Å². The maximum Gasteiger partial charge on any atom is 0.325 e. The van der Waals surface area contributed by atoms with Gasteiger partial charge in [-0.1, -0.05) is 11.3 Å². The van der Waals surface area contributed by atoms with Crippen LogP contribution < -0.4 is 10.6 Å². The highest BCUT2D eigenvalue weighted by molar-refractivity contribution is 7.17. The molecule has 0 spiro atoms. The lowest BCUT2D eigenvalue weighted by atomic mass is 10.4. The van der Waals surface area contributed by atoms with Crippen molar-refractivity contribution in [1.29, 1.82) is 0 Å². The third-order valence-corrected chi connectivity index (χ3v) is 3.74. The number of hydrogen-bond acceptors (Lipinski definition) is 7. The molecular formula is C14H15N3O5S. The van der Waals surface area contributed by atoms with Crippen LogP contribution in [0.1, 0.15) is 32.8 Å². The summed E-state index contributed by atoms with van der Waals surface area (Å²) in [5.41, 5.74) is 0.450. The summed E-state index contributed by atoms with van der Waals surface area (Å²) < 4.78 is 9.70. The summed E-state index contributed by atoms with van der Waals surface area (Å²) in [5, 5.41) is 5.26. The van der Waals surface area contributed by atoms with Crippen LogP contribution >= 0.6 is 11.3 Å². The minimum absolute atomic E-state index is 0.145. The molecule has 122 valence electrons. The molecule has 0 aliphatic rings. The van der Waals surface area contributed by atoms with Gasteiger partial charge >= 0.3 is 5.97 Å². The van der Waals surface area contributed by atoms with Crippen molar-refractivity contribution in [3.63, 3.8) is 0 Å². The lowest BCUT2D eigenvalue weighted by molar-refractivity contribution is -0.141. The Labute approximate surface area is 135 Å². The van der Waals surface area contributed by atoms with Gasteiger partial charge in [-0.3, -0.25) is 19.7 Å². The van der Waals surface area contributed by atoms with Gasteiger partial charge in [0, 0.05) is 0 Å². The molecular weight excluding hydrogens is 322 g/mol. The highest BCUT2D eigenvalue weighted by atomic mass is 32.1. The summed E-state index contributed by atoms with van der Waals surface area (Å²) >= 11 is 1.01. The Bertz CT molecular complexity index is 708. The molecule has 0 aliphatic heterocycles. The van der Waals surface area contributed by atoms with Gasteiger partial charge in [-0.15, -0.1) is 0 Å². The van der Waals surface area contributed by atoms with Crippen LogP contribution in [0.25, 0.3) is 0 Å². The number of amides is 2. The van der Waals surface area contributed by atoms with Gasteiger partial charge in [0.25, 0.3) is 11.8 Å². The molecule has 0 aliphatic carbocycles. The van der Waals surface area contributed by atoms with Crippen LogP contribution in [-0.4, -0.2) is 35.9 Å². The van der Waals surface area contributed by atoms with Crippen molar-refractivity contribution < 1.29 is 23.5 Å². The molecule has 0 unspecified atom stereocenters. The molecule has 2 rings (SSSR count). The smallest absolute Gasteiger partial charge is 0.325 e. The second-order valence-corrected chi connectivity index (χ2v) is 5.35. The van der Waals surface area contributed by atoms with Crippen molar-refractivity contribution in [1.82, 2.24) is 10.3 Å². The zero-order valence-corrected chi connectivity index (χ0v) is 13.4. The number of nitrogens with zero attached hydrogens (tertiary/aromatic N) is 1. The number of aryl methyl sites for hydroxylation is 1. The first-order valence-electron chi connectivity index (χ1n) is 6.77. The largest absolute Gasteiger partial charge is 0.465 e. The molecule has 2 aromatic heterocycles. The van der Waals surface area contributed by atoms with Crippen molar-refractivity contribution in [2.24, 2.45) is 0 Å². The highest BCUT2D eigenvalue weighted by Gasteiger charge is 2.18. The van der Waals surface area contributed by atoms with E-state index in [1.807, 2.05) is 0 Å². The van der Waals surface area contributed by atoms with E-state index in [2.05, 4.69) is 15.6 Å². The molecule has 0 saturated carbocycles. The summed E-state index contributed by atoms with van der Waals surface area (Å²) in [6.45, 7) is 3.34. The predicted molar refractivity (Wildman–Crippen MR) is 82.5 cm³/mol. The molecule has 2 heterocycles. The number of furan rings is 1. The zero-order chi connectivity index (χ0) is 16.8.